The van der Waals surface area contributed by atoms with Crippen LogP contribution in [0.5, 0.6) is 0 Å². The second kappa shape index (κ2) is 11.4. The molecule has 3 heteroatoms. The van der Waals surface area contributed by atoms with Crippen LogP contribution in [0.4, 0.5) is 0 Å². The molecule has 0 aliphatic heterocycles. The highest BCUT2D eigenvalue weighted by Gasteiger charge is 2.22. The molecule has 1 N–H and O–H groups in total. The van der Waals surface area contributed by atoms with Gasteiger partial charge in [0.25, 0.3) is 0 Å². The molecule has 1 fully saturated rings. The van der Waals surface area contributed by atoms with E-state index in [1.807, 2.05) is 0 Å². The lowest BCUT2D eigenvalue weighted by Crippen LogP contribution is -2.40. The second-order valence-electron chi connectivity index (χ2n) is 6.87. The van der Waals surface area contributed by atoms with Crippen LogP contribution in [0.15, 0.2) is 0 Å². The Morgan fingerprint density at radius 3 is 2.14 bits per heavy atom. The van der Waals surface area contributed by atoms with Gasteiger partial charge in [-0.05, 0) is 71.1 Å². The SMILES string of the molecule is CCCN(C)CCNC1CCC(CN(CC)CCC)CC1. The summed E-state index contributed by atoms with van der Waals surface area (Å²) in [5, 5.41) is 3.77. The highest BCUT2D eigenvalue weighted by molar-refractivity contribution is 4.79. The first-order chi connectivity index (χ1) is 10.2. The van der Waals surface area contributed by atoms with Crippen molar-refractivity contribution < 1.29 is 0 Å². The Hall–Kier alpha value is -0.120. The van der Waals surface area contributed by atoms with Crippen LogP contribution in [-0.2, 0) is 0 Å². The molecule has 0 radical (unpaired) electrons. The monoisotopic (exact) mass is 297 g/mol. The van der Waals surface area contributed by atoms with E-state index in [2.05, 4.69) is 42.9 Å². The predicted octanol–water partition coefficient (Wildman–Crippen LogP) is 3.21. The van der Waals surface area contributed by atoms with Gasteiger partial charge in [0.2, 0.25) is 0 Å². The third-order valence-electron chi connectivity index (χ3n) is 4.88. The summed E-state index contributed by atoms with van der Waals surface area (Å²) in [4.78, 5) is 5.07. The summed E-state index contributed by atoms with van der Waals surface area (Å²) in [5.41, 5.74) is 0. The Bertz CT molecular complexity index is 237. The molecule has 126 valence electrons. The van der Waals surface area contributed by atoms with Gasteiger partial charge in [0.15, 0.2) is 0 Å². The van der Waals surface area contributed by atoms with Gasteiger partial charge in [-0.1, -0.05) is 20.8 Å². The van der Waals surface area contributed by atoms with Crippen molar-refractivity contribution in [1.29, 1.82) is 0 Å². The van der Waals surface area contributed by atoms with Crippen LogP contribution in [0.1, 0.15) is 59.3 Å². The standard InChI is InChI=1S/C18H39N3/c1-5-13-20(4)15-12-19-18-10-8-17(9-11-18)16-21(7-3)14-6-2/h17-19H,5-16H2,1-4H3. The molecule has 0 atom stereocenters. The predicted molar refractivity (Wildman–Crippen MR) is 93.9 cm³/mol. The molecule has 0 aromatic heterocycles. The Morgan fingerprint density at radius 1 is 0.905 bits per heavy atom. The summed E-state index contributed by atoms with van der Waals surface area (Å²) in [6.07, 6.45) is 8.15. The molecular weight excluding hydrogens is 258 g/mol. The van der Waals surface area contributed by atoms with Crippen LogP contribution < -0.4 is 5.32 Å². The third-order valence-corrected chi connectivity index (χ3v) is 4.88. The molecule has 1 rings (SSSR count). The maximum Gasteiger partial charge on any atom is 0.0104 e. The van der Waals surface area contributed by atoms with Crippen molar-refractivity contribution in [3.63, 3.8) is 0 Å². The average molecular weight is 298 g/mol. The van der Waals surface area contributed by atoms with Gasteiger partial charge in [0, 0.05) is 25.7 Å². The first-order valence-corrected chi connectivity index (χ1v) is 9.33. The van der Waals surface area contributed by atoms with Crippen molar-refractivity contribution in [2.24, 2.45) is 5.92 Å². The Morgan fingerprint density at radius 2 is 1.57 bits per heavy atom. The fraction of sp³-hybridized carbons (Fsp3) is 1.00. The van der Waals surface area contributed by atoms with E-state index in [4.69, 9.17) is 0 Å². The van der Waals surface area contributed by atoms with Crippen LogP contribution in [0, 0.1) is 5.92 Å². The van der Waals surface area contributed by atoms with Crippen molar-refractivity contribution in [1.82, 2.24) is 15.1 Å². The molecule has 1 aliphatic carbocycles. The lowest BCUT2D eigenvalue weighted by Gasteiger charge is -2.33. The summed E-state index contributed by atoms with van der Waals surface area (Å²) >= 11 is 0. The van der Waals surface area contributed by atoms with E-state index in [0.29, 0.717) is 0 Å². The Labute approximate surface area is 133 Å². The zero-order chi connectivity index (χ0) is 15.5. The van der Waals surface area contributed by atoms with Gasteiger partial charge in [-0.2, -0.15) is 0 Å². The topological polar surface area (TPSA) is 18.5 Å². The molecule has 3 nitrogen and oxygen atoms in total. The van der Waals surface area contributed by atoms with E-state index in [1.165, 1.54) is 71.2 Å². The first kappa shape index (κ1) is 18.9. The van der Waals surface area contributed by atoms with Crippen molar-refractivity contribution in [2.75, 3.05) is 46.3 Å². The lowest BCUT2D eigenvalue weighted by atomic mass is 9.85. The summed E-state index contributed by atoms with van der Waals surface area (Å²) in [6, 6.07) is 0.775. The van der Waals surface area contributed by atoms with Crippen molar-refractivity contribution in [3.05, 3.63) is 0 Å². The van der Waals surface area contributed by atoms with Gasteiger partial charge in [-0.3, -0.25) is 0 Å². The van der Waals surface area contributed by atoms with Gasteiger partial charge in [-0.25, -0.2) is 0 Å². The number of hydrogen-bond acceptors (Lipinski definition) is 3. The van der Waals surface area contributed by atoms with Gasteiger partial charge < -0.3 is 15.1 Å². The van der Waals surface area contributed by atoms with Crippen LogP contribution in [-0.4, -0.2) is 62.2 Å². The summed E-state index contributed by atoms with van der Waals surface area (Å²) in [7, 11) is 2.23. The Kier molecular flexibility index (Phi) is 10.3. The van der Waals surface area contributed by atoms with Crippen LogP contribution >= 0.6 is 0 Å². The fourth-order valence-corrected chi connectivity index (χ4v) is 3.56. The van der Waals surface area contributed by atoms with Crippen molar-refractivity contribution in [3.8, 4) is 0 Å². The molecule has 0 bridgehead atoms. The normalized spacial score (nSPS) is 23.1. The second-order valence-corrected chi connectivity index (χ2v) is 6.87. The highest BCUT2D eigenvalue weighted by Crippen LogP contribution is 2.25. The minimum absolute atomic E-state index is 0.775. The number of likely N-dealkylation sites (N-methyl/N-ethyl adjacent to an activating group) is 1. The summed E-state index contributed by atoms with van der Waals surface area (Å²) in [6.45, 7) is 14.2. The van der Waals surface area contributed by atoms with Crippen LogP contribution in [0.3, 0.4) is 0 Å². The molecule has 0 saturated heterocycles. The smallest absolute Gasteiger partial charge is 0.0104 e. The molecule has 1 saturated carbocycles. The van der Waals surface area contributed by atoms with E-state index in [1.54, 1.807) is 0 Å². The molecule has 21 heavy (non-hydrogen) atoms. The largest absolute Gasteiger partial charge is 0.313 e. The Balaban J connectivity index is 2.11. The molecular formula is C18H39N3. The number of rotatable bonds is 11. The quantitative estimate of drug-likeness (QED) is 0.632. The van der Waals surface area contributed by atoms with Gasteiger partial charge >= 0.3 is 0 Å². The summed E-state index contributed by atoms with van der Waals surface area (Å²) in [5.74, 6) is 0.942. The van der Waals surface area contributed by atoms with E-state index in [9.17, 15) is 0 Å². The van der Waals surface area contributed by atoms with Crippen molar-refractivity contribution in [2.45, 2.75) is 65.3 Å². The van der Waals surface area contributed by atoms with E-state index < -0.39 is 0 Å². The molecule has 0 heterocycles. The zero-order valence-electron chi connectivity index (χ0n) is 15.0. The molecule has 0 unspecified atom stereocenters. The lowest BCUT2D eigenvalue weighted by molar-refractivity contribution is 0.192. The first-order valence-electron chi connectivity index (χ1n) is 9.33. The van der Waals surface area contributed by atoms with Gasteiger partial charge in [0.05, 0.1) is 0 Å². The highest BCUT2D eigenvalue weighted by atomic mass is 15.1. The van der Waals surface area contributed by atoms with Gasteiger partial charge in [0.1, 0.15) is 0 Å². The molecule has 0 aromatic carbocycles. The number of nitrogens with one attached hydrogen (secondary N) is 1. The molecule has 0 spiro atoms. The zero-order valence-corrected chi connectivity index (χ0v) is 15.0. The van der Waals surface area contributed by atoms with E-state index in [-0.39, 0.29) is 0 Å². The maximum atomic E-state index is 3.77. The van der Waals surface area contributed by atoms with Crippen LogP contribution in [0.2, 0.25) is 0 Å². The minimum Gasteiger partial charge on any atom is -0.313 e. The number of nitrogens with zero attached hydrogens (tertiary/aromatic N) is 2. The van der Waals surface area contributed by atoms with E-state index in [0.717, 1.165) is 18.5 Å². The molecule has 1 aliphatic rings. The molecule has 0 aromatic rings. The third kappa shape index (κ3) is 8.18. The van der Waals surface area contributed by atoms with Gasteiger partial charge in [-0.15, -0.1) is 0 Å². The van der Waals surface area contributed by atoms with Crippen LogP contribution in [0.25, 0.3) is 0 Å². The van der Waals surface area contributed by atoms with E-state index >= 15 is 0 Å². The van der Waals surface area contributed by atoms with Crippen molar-refractivity contribution >= 4 is 0 Å². The fourth-order valence-electron chi connectivity index (χ4n) is 3.56. The minimum atomic E-state index is 0.775. The maximum absolute atomic E-state index is 3.77. The summed E-state index contributed by atoms with van der Waals surface area (Å²) < 4.78 is 0. The number of hydrogen-bond donors (Lipinski definition) is 1. The molecule has 0 amide bonds. The average Bonchev–Trinajstić information content (AvgIpc) is 2.49.